The first-order valence-electron chi connectivity index (χ1n) is 11.8. The van der Waals surface area contributed by atoms with Crippen molar-refractivity contribution >= 4 is 23.6 Å². The van der Waals surface area contributed by atoms with Gasteiger partial charge >= 0.3 is 0 Å². The first-order chi connectivity index (χ1) is 16.9. The highest BCUT2D eigenvalue weighted by Crippen LogP contribution is 2.27. The van der Waals surface area contributed by atoms with E-state index in [0.29, 0.717) is 37.0 Å². The lowest BCUT2D eigenvalue weighted by Gasteiger charge is -2.30. The normalized spacial score (nSPS) is 20.6. The van der Waals surface area contributed by atoms with Crippen LogP contribution in [0.1, 0.15) is 59.2 Å². The molecule has 188 valence electrons. The third kappa shape index (κ3) is 6.56. The molecule has 2 fully saturated rings. The zero-order valence-electron chi connectivity index (χ0n) is 19.6. The molecule has 35 heavy (non-hydrogen) atoms. The number of carbonyl (C=O) groups is 2. The molecule has 0 radical (unpaired) electrons. The van der Waals surface area contributed by atoms with Crippen molar-refractivity contribution in [3.63, 3.8) is 0 Å². The van der Waals surface area contributed by atoms with E-state index < -0.39 is 11.7 Å². The Hall–Kier alpha value is -3.01. The molecule has 1 aromatic heterocycles. The molecule has 8 nitrogen and oxygen atoms in total. The minimum atomic E-state index is -0.585. The average Bonchev–Trinajstić information content (AvgIpc) is 2.86. The molecule has 4 rings (SSSR count). The number of ether oxygens (including phenoxy) is 2. The second-order valence-corrected chi connectivity index (χ2v) is 10.0. The van der Waals surface area contributed by atoms with E-state index in [1.165, 1.54) is 31.4 Å². The van der Waals surface area contributed by atoms with Gasteiger partial charge in [-0.15, -0.1) is 0 Å². The number of nitrogens with one attached hydrogen (secondary N) is 2. The number of phenolic OH excluding ortho intramolecular Hbond substituents is 1. The number of aromatic hydroxyl groups is 1. The van der Waals surface area contributed by atoms with E-state index in [0.717, 1.165) is 30.5 Å². The predicted octanol–water partition coefficient (Wildman–Crippen LogP) is 3.68. The van der Waals surface area contributed by atoms with Crippen LogP contribution in [0.3, 0.4) is 0 Å². The van der Waals surface area contributed by atoms with E-state index in [1.807, 2.05) is 11.8 Å². The molecule has 2 amide bonds. The van der Waals surface area contributed by atoms with Crippen LogP contribution in [0.5, 0.6) is 17.4 Å². The molecular weight excluding hydrogens is 473 g/mol. The fourth-order valence-corrected chi connectivity index (χ4v) is 5.47. The van der Waals surface area contributed by atoms with Crippen LogP contribution in [0.25, 0.3) is 0 Å². The van der Waals surface area contributed by atoms with Crippen molar-refractivity contribution in [3.05, 3.63) is 47.4 Å². The van der Waals surface area contributed by atoms with E-state index in [-0.39, 0.29) is 41.3 Å². The number of benzene rings is 1. The lowest BCUT2D eigenvalue weighted by atomic mass is 9.90. The topological polar surface area (TPSA) is 110 Å². The van der Waals surface area contributed by atoms with Crippen LogP contribution >= 0.6 is 11.8 Å². The number of amides is 2. The first kappa shape index (κ1) is 25.1. The van der Waals surface area contributed by atoms with Crippen LogP contribution in [-0.4, -0.2) is 58.7 Å². The number of halogens is 1. The van der Waals surface area contributed by atoms with Crippen LogP contribution in [0, 0.1) is 5.82 Å². The Kier molecular flexibility index (Phi) is 8.33. The summed E-state index contributed by atoms with van der Waals surface area (Å²) in [5, 5.41) is 15.6. The van der Waals surface area contributed by atoms with Gasteiger partial charge in [0.2, 0.25) is 5.88 Å². The Morgan fingerprint density at radius 1 is 1.00 bits per heavy atom. The van der Waals surface area contributed by atoms with Gasteiger partial charge in [0.15, 0.2) is 0 Å². The average molecular weight is 504 g/mol. The SMILES string of the molecule is COc1cc(O)ccc1C(=O)N[C@H]1CC[C@@H](NC(=O)c2cc(F)cnc2OC2CCSCC2)CC1. The quantitative estimate of drug-likeness (QED) is 0.529. The molecule has 1 saturated carbocycles. The second kappa shape index (κ2) is 11.6. The van der Waals surface area contributed by atoms with E-state index in [4.69, 9.17) is 9.47 Å². The van der Waals surface area contributed by atoms with Gasteiger partial charge in [-0.2, -0.15) is 11.8 Å². The zero-order chi connectivity index (χ0) is 24.8. The minimum absolute atomic E-state index is 0.0213. The van der Waals surface area contributed by atoms with Gasteiger partial charge < -0.3 is 25.2 Å². The predicted molar refractivity (Wildman–Crippen MR) is 131 cm³/mol. The summed E-state index contributed by atoms with van der Waals surface area (Å²) >= 11 is 1.87. The van der Waals surface area contributed by atoms with Gasteiger partial charge in [0, 0.05) is 18.2 Å². The van der Waals surface area contributed by atoms with E-state index in [1.54, 1.807) is 0 Å². The van der Waals surface area contributed by atoms with Crippen molar-refractivity contribution in [2.45, 2.75) is 56.7 Å². The number of nitrogens with zero attached hydrogens (tertiary/aromatic N) is 1. The van der Waals surface area contributed by atoms with Crippen LogP contribution in [-0.2, 0) is 0 Å². The summed E-state index contributed by atoms with van der Waals surface area (Å²) < 4.78 is 25.0. The summed E-state index contributed by atoms with van der Waals surface area (Å²) in [6.07, 6.45) is 5.49. The third-order valence-electron chi connectivity index (χ3n) is 6.34. The van der Waals surface area contributed by atoms with Gasteiger partial charge in [-0.25, -0.2) is 9.37 Å². The molecule has 1 aromatic carbocycles. The summed E-state index contributed by atoms with van der Waals surface area (Å²) in [5.74, 6) is 1.22. The highest BCUT2D eigenvalue weighted by atomic mass is 32.2. The maximum Gasteiger partial charge on any atom is 0.257 e. The number of phenols is 1. The van der Waals surface area contributed by atoms with Crippen LogP contribution in [0.2, 0.25) is 0 Å². The van der Waals surface area contributed by atoms with Crippen molar-refractivity contribution in [1.29, 1.82) is 0 Å². The number of aromatic nitrogens is 1. The Morgan fingerprint density at radius 3 is 2.26 bits per heavy atom. The molecule has 1 aliphatic carbocycles. The van der Waals surface area contributed by atoms with Crippen LogP contribution in [0.15, 0.2) is 30.5 Å². The number of carbonyl (C=O) groups excluding carboxylic acids is 2. The highest BCUT2D eigenvalue weighted by molar-refractivity contribution is 7.99. The molecule has 0 atom stereocenters. The lowest BCUT2D eigenvalue weighted by Crippen LogP contribution is -2.44. The Morgan fingerprint density at radius 2 is 1.63 bits per heavy atom. The van der Waals surface area contributed by atoms with Crippen LogP contribution < -0.4 is 20.1 Å². The van der Waals surface area contributed by atoms with Gasteiger partial charge in [-0.05, 0) is 68.2 Å². The number of hydrogen-bond donors (Lipinski definition) is 3. The molecule has 2 heterocycles. The van der Waals surface area contributed by atoms with Gasteiger partial charge in [-0.3, -0.25) is 9.59 Å². The first-order valence-corrected chi connectivity index (χ1v) is 13.0. The van der Waals surface area contributed by atoms with E-state index in [9.17, 15) is 19.1 Å². The molecular formula is C25H30FN3O5S. The highest BCUT2D eigenvalue weighted by Gasteiger charge is 2.27. The molecule has 3 N–H and O–H groups in total. The van der Waals surface area contributed by atoms with Crippen molar-refractivity contribution in [2.24, 2.45) is 0 Å². The molecule has 0 unspecified atom stereocenters. The van der Waals surface area contributed by atoms with E-state index in [2.05, 4.69) is 15.6 Å². The molecule has 0 bridgehead atoms. The number of hydrogen-bond acceptors (Lipinski definition) is 7. The lowest BCUT2D eigenvalue weighted by molar-refractivity contribution is 0.0884. The largest absolute Gasteiger partial charge is 0.508 e. The van der Waals surface area contributed by atoms with Crippen molar-refractivity contribution in [2.75, 3.05) is 18.6 Å². The Bertz CT molecular complexity index is 1060. The number of rotatable bonds is 7. The van der Waals surface area contributed by atoms with Crippen LogP contribution in [0.4, 0.5) is 4.39 Å². The van der Waals surface area contributed by atoms with Crippen molar-refractivity contribution in [3.8, 4) is 17.4 Å². The summed E-state index contributed by atoms with van der Waals surface area (Å²) in [4.78, 5) is 29.7. The maximum atomic E-state index is 13.9. The molecule has 0 spiro atoms. The molecule has 10 heteroatoms. The number of methoxy groups -OCH3 is 1. The monoisotopic (exact) mass is 503 g/mol. The van der Waals surface area contributed by atoms with Crippen molar-refractivity contribution < 1.29 is 28.6 Å². The van der Waals surface area contributed by atoms with Gasteiger partial charge in [0.05, 0.1) is 18.9 Å². The number of thioether (sulfide) groups is 1. The molecule has 1 aliphatic heterocycles. The summed E-state index contributed by atoms with van der Waals surface area (Å²) in [6.45, 7) is 0. The smallest absolute Gasteiger partial charge is 0.257 e. The molecule has 2 aromatic rings. The van der Waals surface area contributed by atoms with Gasteiger partial charge in [-0.1, -0.05) is 0 Å². The Labute approximate surface area is 208 Å². The zero-order valence-corrected chi connectivity index (χ0v) is 20.4. The molecule has 1 saturated heterocycles. The summed E-state index contributed by atoms with van der Waals surface area (Å²) in [6, 6.07) is 5.39. The summed E-state index contributed by atoms with van der Waals surface area (Å²) in [7, 11) is 1.44. The van der Waals surface area contributed by atoms with Crippen molar-refractivity contribution in [1.82, 2.24) is 15.6 Å². The van der Waals surface area contributed by atoms with E-state index >= 15 is 0 Å². The molecule has 2 aliphatic rings. The van der Waals surface area contributed by atoms with Gasteiger partial charge in [0.25, 0.3) is 11.8 Å². The fraction of sp³-hybridized carbons (Fsp3) is 0.480. The standard InChI is InChI=1S/C25H30FN3O5S/c1-33-22-13-18(30)6-7-20(22)23(31)28-16-2-4-17(5-3-16)29-24(32)21-12-15(26)14-27-25(21)34-19-8-10-35-11-9-19/h6-7,12-14,16-17,19,30H,2-5,8-11H2,1H3,(H,28,31)(H,29,32)/t16-,17+. The number of pyridine rings is 1. The Balaban J connectivity index is 1.31. The minimum Gasteiger partial charge on any atom is -0.508 e. The van der Waals surface area contributed by atoms with Gasteiger partial charge in [0.1, 0.15) is 29.0 Å². The second-order valence-electron chi connectivity index (χ2n) is 8.82. The fourth-order valence-electron chi connectivity index (χ4n) is 4.41. The third-order valence-corrected chi connectivity index (χ3v) is 7.39. The summed E-state index contributed by atoms with van der Waals surface area (Å²) in [5.41, 5.74) is 0.460. The maximum absolute atomic E-state index is 13.9.